The standard InChI is InChI=1S/C18H24N2O3/c1-4-5-6-9-19-18(21)12-23-17-10-13(2)20-16-8-7-14(22-3)11-15(16)17/h7-8,10-11H,4-6,9,12H2,1-3H3,(H,19,21). The topological polar surface area (TPSA) is 60.5 Å². The predicted octanol–water partition coefficient (Wildman–Crippen LogP) is 3.24. The highest BCUT2D eigenvalue weighted by atomic mass is 16.5. The first-order chi connectivity index (χ1) is 11.1. The second-order valence-electron chi connectivity index (χ2n) is 5.49. The second-order valence-corrected chi connectivity index (χ2v) is 5.49. The zero-order valence-corrected chi connectivity index (χ0v) is 14.0. The largest absolute Gasteiger partial charge is 0.497 e. The Morgan fingerprint density at radius 2 is 2.09 bits per heavy atom. The molecule has 0 radical (unpaired) electrons. The fraction of sp³-hybridized carbons (Fsp3) is 0.444. The molecule has 2 aromatic rings. The van der Waals surface area contributed by atoms with Crippen LogP contribution in [0.2, 0.25) is 0 Å². The molecule has 0 fully saturated rings. The Morgan fingerprint density at radius 1 is 1.26 bits per heavy atom. The highest BCUT2D eigenvalue weighted by Crippen LogP contribution is 2.28. The van der Waals surface area contributed by atoms with Crippen LogP contribution in [-0.4, -0.2) is 31.2 Å². The highest BCUT2D eigenvalue weighted by molar-refractivity contribution is 5.87. The van der Waals surface area contributed by atoms with Gasteiger partial charge in [-0.3, -0.25) is 9.78 Å². The first kappa shape index (κ1) is 17.1. The molecule has 1 amide bonds. The Kier molecular flexibility index (Phi) is 6.20. The number of ether oxygens (including phenoxy) is 2. The molecule has 5 nitrogen and oxygen atoms in total. The van der Waals surface area contributed by atoms with Gasteiger partial charge in [-0.1, -0.05) is 19.8 Å². The number of carbonyl (C=O) groups excluding carboxylic acids is 1. The van der Waals surface area contributed by atoms with Gasteiger partial charge in [0, 0.05) is 23.7 Å². The van der Waals surface area contributed by atoms with Crippen LogP contribution in [0.15, 0.2) is 24.3 Å². The van der Waals surface area contributed by atoms with Crippen molar-refractivity contribution in [3.8, 4) is 11.5 Å². The van der Waals surface area contributed by atoms with E-state index in [9.17, 15) is 4.79 Å². The van der Waals surface area contributed by atoms with Gasteiger partial charge in [0.1, 0.15) is 11.5 Å². The molecule has 0 aliphatic carbocycles. The third kappa shape index (κ3) is 4.84. The molecule has 0 spiro atoms. The van der Waals surface area contributed by atoms with Crippen molar-refractivity contribution in [3.63, 3.8) is 0 Å². The fourth-order valence-electron chi connectivity index (χ4n) is 2.34. The van der Waals surface area contributed by atoms with Gasteiger partial charge < -0.3 is 14.8 Å². The smallest absolute Gasteiger partial charge is 0.257 e. The monoisotopic (exact) mass is 316 g/mol. The van der Waals surface area contributed by atoms with Gasteiger partial charge in [-0.25, -0.2) is 0 Å². The minimum absolute atomic E-state index is 0.00187. The summed E-state index contributed by atoms with van der Waals surface area (Å²) in [6, 6.07) is 7.46. The van der Waals surface area contributed by atoms with Crippen LogP contribution in [0.4, 0.5) is 0 Å². The number of rotatable bonds is 8. The van der Waals surface area contributed by atoms with Crippen molar-refractivity contribution in [2.45, 2.75) is 33.1 Å². The molecule has 0 atom stereocenters. The molecule has 1 N–H and O–H groups in total. The Labute approximate surface area is 137 Å². The number of pyridine rings is 1. The van der Waals surface area contributed by atoms with Crippen molar-refractivity contribution in [3.05, 3.63) is 30.0 Å². The predicted molar refractivity (Wildman–Crippen MR) is 91.1 cm³/mol. The van der Waals surface area contributed by atoms with Gasteiger partial charge in [0.2, 0.25) is 0 Å². The molecule has 0 saturated carbocycles. The van der Waals surface area contributed by atoms with E-state index in [-0.39, 0.29) is 12.5 Å². The molecule has 0 saturated heterocycles. The van der Waals surface area contributed by atoms with E-state index in [4.69, 9.17) is 9.47 Å². The molecule has 0 aliphatic rings. The van der Waals surface area contributed by atoms with Crippen LogP contribution in [-0.2, 0) is 4.79 Å². The number of nitrogens with one attached hydrogen (secondary N) is 1. The van der Waals surface area contributed by atoms with Gasteiger partial charge >= 0.3 is 0 Å². The van der Waals surface area contributed by atoms with Gasteiger partial charge in [0.25, 0.3) is 5.91 Å². The maximum atomic E-state index is 11.8. The van der Waals surface area contributed by atoms with Crippen molar-refractivity contribution in [1.82, 2.24) is 10.3 Å². The number of amides is 1. The molecule has 1 heterocycles. The average Bonchev–Trinajstić information content (AvgIpc) is 2.56. The van der Waals surface area contributed by atoms with E-state index in [0.29, 0.717) is 12.3 Å². The third-order valence-corrected chi connectivity index (χ3v) is 3.57. The summed E-state index contributed by atoms with van der Waals surface area (Å²) in [4.78, 5) is 16.3. The number of carbonyl (C=O) groups is 1. The number of fused-ring (bicyclic) bond motifs is 1. The lowest BCUT2D eigenvalue weighted by molar-refractivity contribution is -0.123. The van der Waals surface area contributed by atoms with E-state index in [2.05, 4.69) is 17.2 Å². The lowest BCUT2D eigenvalue weighted by Crippen LogP contribution is -2.29. The molecule has 2 rings (SSSR count). The number of hydrogen-bond donors (Lipinski definition) is 1. The normalized spacial score (nSPS) is 10.6. The summed E-state index contributed by atoms with van der Waals surface area (Å²) in [6.07, 6.45) is 3.25. The number of methoxy groups -OCH3 is 1. The summed E-state index contributed by atoms with van der Waals surface area (Å²) in [5.74, 6) is 1.28. The van der Waals surface area contributed by atoms with E-state index in [1.165, 1.54) is 0 Å². The first-order valence-corrected chi connectivity index (χ1v) is 7.99. The summed E-state index contributed by atoms with van der Waals surface area (Å²) in [5, 5.41) is 3.71. The average molecular weight is 316 g/mol. The molecule has 0 unspecified atom stereocenters. The van der Waals surface area contributed by atoms with Gasteiger partial charge in [0.15, 0.2) is 6.61 Å². The van der Waals surface area contributed by atoms with Gasteiger partial charge in [0.05, 0.1) is 12.6 Å². The number of hydrogen-bond acceptors (Lipinski definition) is 4. The molecular formula is C18H24N2O3. The van der Waals surface area contributed by atoms with Crippen LogP contribution in [0.25, 0.3) is 10.9 Å². The van der Waals surface area contributed by atoms with E-state index < -0.39 is 0 Å². The van der Waals surface area contributed by atoms with Crippen molar-refractivity contribution < 1.29 is 14.3 Å². The summed E-state index contributed by atoms with van der Waals surface area (Å²) in [7, 11) is 1.62. The van der Waals surface area contributed by atoms with E-state index >= 15 is 0 Å². The molecule has 5 heteroatoms. The van der Waals surface area contributed by atoms with Gasteiger partial charge in [-0.2, -0.15) is 0 Å². The van der Waals surface area contributed by atoms with Crippen LogP contribution in [0.5, 0.6) is 11.5 Å². The summed E-state index contributed by atoms with van der Waals surface area (Å²) < 4.78 is 11.0. The van der Waals surface area contributed by atoms with Crippen LogP contribution >= 0.6 is 0 Å². The van der Waals surface area contributed by atoms with Crippen molar-refractivity contribution in [2.75, 3.05) is 20.3 Å². The van der Waals surface area contributed by atoms with E-state index in [1.807, 2.05) is 31.2 Å². The summed E-state index contributed by atoms with van der Waals surface area (Å²) in [5.41, 5.74) is 1.67. The number of unbranched alkanes of at least 4 members (excludes halogenated alkanes) is 2. The van der Waals surface area contributed by atoms with Crippen molar-refractivity contribution in [2.24, 2.45) is 0 Å². The minimum Gasteiger partial charge on any atom is -0.497 e. The number of aromatic nitrogens is 1. The van der Waals surface area contributed by atoms with Crippen LogP contribution in [0.3, 0.4) is 0 Å². The zero-order chi connectivity index (χ0) is 16.7. The minimum atomic E-state index is -0.105. The first-order valence-electron chi connectivity index (χ1n) is 7.99. The molecule has 1 aromatic carbocycles. The quantitative estimate of drug-likeness (QED) is 0.760. The van der Waals surface area contributed by atoms with Crippen LogP contribution in [0.1, 0.15) is 31.9 Å². The van der Waals surface area contributed by atoms with Gasteiger partial charge in [-0.15, -0.1) is 0 Å². The molecule has 23 heavy (non-hydrogen) atoms. The maximum Gasteiger partial charge on any atom is 0.257 e. The maximum absolute atomic E-state index is 11.8. The molecule has 124 valence electrons. The SMILES string of the molecule is CCCCCNC(=O)COc1cc(C)nc2ccc(OC)cc12. The summed E-state index contributed by atoms with van der Waals surface area (Å²) in [6.45, 7) is 4.74. The zero-order valence-electron chi connectivity index (χ0n) is 14.0. The second kappa shape index (κ2) is 8.36. The molecule has 1 aromatic heterocycles. The third-order valence-electron chi connectivity index (χ3n) is 3.57. The van der Waals surface area contributed by atoms with Crippen molar-refractivity contribution >= 4 is 16.8 Å². The summed E-state index contributed by atoms with van der Waals surface area (Å²) >= 11 is 0. The van der Waals surface area contributed by atoms with Crippen LogP contribution < -0.4 is 14.8 Å². The Morgan fingerprint density at radius 3 is 2.83 bits per heavy atom. The fourth-order valence-corrected chi connectivity index (χ4v) is 2.34. The Bertz CT molecular complexity index is 671. The number of benzene rings is 1. The van der Waals surface area contributed by atoms with Gasteiger partial charge in [-0.05, 0) is 31.5 Å². The highest BCUT2D eigenvalue weighted by Gasteiger charge is 2.09. The van der Waals surface area contributed by atoms with E-state index in [1.54, 1.807) is 7.11 Å². The lowest BCUT2D eigenvalue weighted by Gasteiger charge is -2.11. The van der Waals surface area contributed by atoms with Crippen LogP contribution in [0, 0.1) is 6.92 Å². The number of nitrogens with zero attached hydrogens (tertiary/aromatic N) is 1. The lowest BCUT2D eigenvalue weighted by atomic mass is 10.1. The molecule has 0 aliphatic heterocycles. The van der Waals surface area contributed by atoms with Crippen molar-refractivity contribution in [1.29, 1.82) is 0 Å². The van der Waals surface area contributed by atoms with E-state index in [0.717, 1.165) is 41.6 Å². The molecule has 0 bridgehead atoms. The molecular weight excluding hydrogens is 292 g/mol. The number of aryl methyl sites for hydroxylation is 1. The Hall–Kier alpha value is -2.30. The Balaban J connectivity index is 2.05.